The van der Waals surface area contributed by atoms with Crippen molar-refractivity contribution in [3.63, 3.8) is 0 Å². The van der Waals surface area contributed by atoms with Gasteiger partial charge in [0.2, 0.25) is 11.8 Å². The van der Waals surface area contributed by atoms with Gasteiger partial charge in [-0.05, 0) is 30.0 Å². The summed E-state index contributed by atoms with van der Waals surface area (Å²) in [6, 6.07) is 4.31. The van der Waals surface area contributed by atoms with Crippen LogP contribution in [0, 0.1) is 5.41 Å². The Morgan fingerprint density at radius 2 is 1.64 bits per heavy atom. The molecule has 0 radical (unpaired) electrons. The van der Waals surface area contributed by atoms with Crippen LogP contribution in [0.15, 0.2) is 18.2 Å². The lowest BCUT2D eigenvalue weighted by molar-refractivity contribution is -0.147. The van der Waals surface area contributed by atoms with Gasteiger partial charge in [0.05, 0.1) is 16.6 Å². The molecule has 1 unspecified atom stereocenters. The molecule has 0 fully saturated rings. The molecule has 0 aliphatic heterocycles. The van der Waals surface area contributed by atoms with E-state index in [-0.39, 0.29) is 39.9 Å². The summed E-state index contributed by atoms with van der Waals surface area (Å²) >= 11 is 11.8. The molecule has 0 aromatic heterocycles. The predicted molar refractivity (Wildman–Crippen MR) is 96.7 cm³/mol. The quantitative estimate of drug-likeness (QED) is 0.697. The van der Waals surface area contributed by atoms with Crippen LogP contribution in [0.1, 0.15) is 39.7 Å². The summed E-state index contributed by atoms with van der Waals surface area (Å²) in [6.45, 7) is 6.72. The zero-order valence-corrected chi connectivity index (χ0v) is 16.1. The second-order valence-corrected chi connectivity index (χ2v) is 7.94. The SMILES string of the molecule is CC(C)(C)CC(=O)NCC(=O)NC(C)(C(=O)O)c1ccc(Cl)c(Cl)c1. The molecule has 25 heavy (non-hydrogen) atoms. The first-order chi connectivity index (χ1) is 11.3. The zero-order chi connectivity index (χ0) is 19.4. The Bertz CT molecular complexity index is 686. The number of carboxylic acid groups (broad SMARTS) is 1. The highest BCUT2D eigenvalue weighted by Gasteiger charge is 2.37. The number of hydrogen-bond acceptors (Lipinski definition) is 3. The van der Waals surface area contributed by atoms with E-state index in [9.17, 15) is 19.5 Å². The first kappa shape index (κ1) is 21.3. The first-order valence-corrected chi connectivity index (χ1v) is 8.37. The topological polar surface area (TPSA) is 95.5 Å². The van der Waals surface area contributed by atoms with E-state index >= 15 is 0 Å². The molecular formula is C17H22Cl2N2O4. The van der Waals surface area contributed by atoms with Gasteiger partial charge in [-0.3, -0.25) is 9.59 Å². The van der Waals surface area contributed by atoms with E-state index in [4.69, 9.17) is 23.2 Å². The maximum absolute atomic E-state index is 12.1. The molecule has 6 nitrogen and oxygen atoms in total. The Hall–Kier alpha value is -1.79. The van der Waals surface area contributed by atoms with E-state index in [0.717, 1.165) is 0 Å². The van der Waals surface area contributed by atoms with Gasteiger partial charge in [-0.25, -0.2) is 4.79 Å². The van der Waals surface area contributed by atoms with Crippen molar-refractivity contribution in [3.8, 4) is 0 Å². The number of aliphatic carboxylic acids is 1. The van der Waals surface area contributed by atoms with Crippen molar-refractivity contribution in [2.45, 2.75) is 39.7 Å². The maximum Gasteiger partial charge on any atom is 0.333 e. The molecule has 1 aromatic rings. The van der Waals surface area contributed by atoms with Gasteiger partial charge < -0.3 is 15.7 Å². The van der Waals surface area contributed by atoms with Crippen molar-refractivity contribution in [3.05, 3.63) is 33.8 Å². The van der Waals surface area contributed by atoms with Crippen molar-refractivity contribution < 1.29 is 19.5 Å². The molecule has 1 atom stereocenters. The van der Waals surface area contributed by atoms with E-state index in [1.165, 1.54) is 25.1 Å². The van der Waals surface area contributed by atoms with E-state index in [0.29, 0.717) is 0 Å². The number of carboxylic acids is 1. The number of rotatable bonds is 6. The van der Waals surface area contributed by atoms with Crippen LogP contribution in [0.3, 0.4) is 0 Å². The van der Waals surface area contributed by atoms with Crippen LogP contribution in [0.2, 0.25) is 10.0 Å². The Labute approximate surface area is 156 Å². The lowest BCUT2D eigenvalue weighted by Crippen LogP contribution is -2.52. The van der Waals surface area contributed by atoms with Crippen LogP contribution >= 0.6 is 23.2 Å². The number of hydrogen-bond donors (Lipinski definition) is 3. The number of carbonyl (C=O) groups excluding carboxylic acids is 2. The molecule has 138 valence electrons. The molecule has 0 spiro atoms. The number of nitrogens with one attached hydrogen (secondary N) is 2. The van der Waals surface area contributed by atoms with Crippen LogP contribution in [0.4, 0.5) is 0 Å². The van der Waals surface area contributed by atoms with Gasteiger partial charge in [-0.15, -0.1) is 0 Å². The second kappa shape index (κ2) is 8.06. The van der Waals surface area contributed by atoms with Crippen LogP contribution < -0.4 is 10.6 Å². The average molecular weight is 389 g/mol. The molecule has 0 saturated heterocycles. The van der Waals surface area contributed by atoms with Crippen LogP contribution in [-0.2, 0) is 19.9 Å². The lowest BCUT2D eigenvalue weighted by atomic mass is 9.91. The van der Waals surface area contributed by atoms with Crippen molar-refractivity contribution in [1.82, 2.24) is 10.6 Å². The summed E-state index contributed by atoms with van der Waals surface area (Å²) in [6.07, 6.45) is 0.253. The standard InChI is InChI=1S/C17H22Cl2N2O4/c1-16(2,3)8-13(22)20-9-14(23)21-17(4,15(24)25)10-5-6-11(18)12(19)7-10/h5-7H,8-9H2,1-4H3,(H,20,22)(H,21,23)(H,24,25). The molecule has 1 aromatic carbocycles. The second-order valence-electron chi connectivity index (χ2n) is 7.12. The molecule has 2 amide bonds. The molecular weight excluding hydrogens is 367 g/mol. The van der Waals surface area contributed by atoms with Gasteiger partial charge in [-0.1, -0.05) is 50.0 Å². The summed E-state index contributed by atoms with van der Waals surface area (Å²) in [7, 11) is 0. The van der Waals surface area contributed by atoms with E-state index < -0.39 is 17.4 Å². The predicted octanol–water partition coefficient (Wildman–Crippen LogP) is 2.96. The highest BCUT2D eigenvalue weighted by atomic mass is 35.5. The van der Waals surface area contributed by atoms with E-state index in [2.05, 4.69) is 10.6 Å². The number of halogens is 2. The third kappa shape index (κ3) is 6.21. The van der Waals surface area contributed by atoms with Crippen molar-refractivity contribution in [1.29, 1.82) is 0 Å². The zero-order valence-electron chi connectivity index (χ0n) is 14.6. The third-order valence-corrected chi connectivity index (χ3v) is 4.19. The summed E-state index contributed by atoms with van der Waals surface area (Å²) < 4.78 is 0. The number of amides is 2. The monoisotopic (exact) mass is 388 g/mol. The van der Waals surface area contributed by atoms with Gasteiger partial charge in [0.25, 0.3) is 0 Å². The molecule has 0 saturated carbocycles. The number of benzene rings is 1. The molecule has 0 aliphatic rings. The van der Waals surface area contributed by atoms with Gasteiger partial charge in [0, 0.05) is 6.42 Å². The van der Waals surface area contributed by atoms with Crippen LogP contribution in [-0.4, -0.2) is 29.4 Å². The highest BCUT2D eigenvalue weighted by Crippen LogP contribution is 2.29. The summed E-state index contributed by atoms with van der Waals surface area (Å²) in [5, 5.41) is 14.9. The van der Waals surface area contributed by atoms with Crippen molar-refractivity contribution >= 4 is 41.0 Å². The van der Waals surface area contributed by atoms with Crippen molar-refractivity contribution in [2.75, 3.05) is 6.54 Å². The molecule has 8 heteroatoms. The fourth-order valence-corrected chi connectivity index (χ4v) is 2.40. The van der Waals surface area contributed by atoms with Gasteiger partial charge in [0.15, 0.2) is 5.54 Å². The van der Waals surface area contributed by atoms with Crippen molar-refractivity contribution in [2.24, 2.45) is 5.41 Å². The Morgan fingerprint density at radius 1 is 1.04 bits per heavy atom. The van der Waals surface area contributed by atoms with E-state index in [1.807, 2.05) is 20.8 Å². The molecule has 0 heterocycles. The summed E-state index contributed by atoms with van der Waals surface area (Å²) in [5.41, 5.74) is -1.65. The summed E-state index contributed by atoms with van der Waals surface area (Å²) in [4.78, 5) is 35.6. The largest absolute Gasteiger partial charge is 0.479 e. The van der Waals surface area contributed by atoms with Crippen LogP contribution in [0.5, 0.6) is 0 Å². The van der Waals surface area contributed by atoms with Gasteiger partial charge in [-0.2, -0.15) is 0 Å². The minimum absolute atomic E-state index is 0.180. The molecule has 3 N–H and O–H groups in total. The Balaban J connectivity index is 2.83. The smallest absolute Gasteiger partial charge is 0.333 e. The first-order valence-electron chi connectivity index (χ1n) is 7.62. The lowest BCUT2D eigenvalue weighted by Gasteiger charge is -2.27. The Kier molecular flexibility index (Phi) is 6.85. The minimum Gasteiger partial charge on any atom is -0.479 e. The molecule has 0 bridgehead atoms. The van der Waals surface area contributed by atoms with E-state index in [1.54, 1.807) is 0 Å². The molecule has 0 aliphatic carbocycles. The summed E-state index contributed by atoms with van der Waals surface area (Å²) in [5.74, 6) is -2.17. The third-order valence-electron chi connectivity index (χ3n) is 3.45. The molecule has 1 rings (SSSR count). The Morgan fingerprint density at radius 3 is 2.12 bits per heavy atom. The van der Waals surface area contributed by atoms with Gasteiger partial charge in [0.1, 0.15) is 0 Å². The average Bonchev–Trinajstić information content (AvgIpc) is 2.46. The fourth-order valence-electron chi connectivity index (χ4n) is 2.10. The van der Waals surface area contributed by atoms with Gasteiger partial charge >= 0.3 is 5.97 Å². The maximum atomic E-state index is 12.1. The fraction of sp³-hybridized carbons (Fsp3) is 0.471. The van der Waals surface area contributed by atoms with Crippen LogP contribution in [0.25, 0.3) is 0 Å². The normalized spacial score (nSPS) is 13.7. The highest BCUT2D eigenvalue weighted by molar-refractivity contribution is 6.42. The minimum atomic E-state index is -1.71. The number of carbonyl (C=O) groups is 3.